The largest absolute Gasteiger partial charge is 0.340 e. The fourth-order valence-electron chi connectivity index (χ4n) is 1.75. The van der Waals surface area contributed by atoms with Crippen molar-refractivity contribution in [3.8, 4) is 0 Å². The van der Waals surface area contributed by atoms with Crippen molar-refractivity contribution in [2.75, 3.05) is 5.32 Å². The van der Waals surface area contributed by atoms with Crippen molar-refractivity contribution in [2.45, 2.75) is 26.1 Å². The van der Waals surface area contributed by atoms with Gasteiger partial charge in [0.25, 0.3) is 0 Å². The van der Waals surface area contributed by atoms with Crippen LogP contribution in [0.15, 0.2) is 30.3 Å². The number of aromatic nitrogens is 2. The van der Waals surface area contributed by atoms with Crippen LogP contribution in [0.2, 0.25) is 0 Å². The maximum atomic E-state index is 5.82. The molecule has 0 aliphatic carbocycles. The quantitative estimate of drug-likeness (QED) is 0.850. The number of hydrogen-bond acceptors (Lipinski definition) is 3. The lowest BCUT2D eigenvalue weighted by Crippen LogP contribution is -2.00. The highest BCUT2D eigenvalue weighted by Crippen LogP contribution is 2.18. The van der Waals surface area contributed by atoms with E-state index in [9.17, 15) is 0 Å². The van der Waals surface area contributed by atoms with Gasteiger partial charge in [0, 0.05) is 23.3 Å². The van der Waals surface area contributed by atoms with Gasteiger partial charge in [-0.3, -0.25) is 0 Å². The highest BCUT2D eigenvalue weighted by atomic mass is 35.5. The van der Waals surface area contributed by atoms with Crippen LogP contribution in [-0.2, 0) is 12.3 Å². The van der Waals surface area contributed by atoms with Gasteiger partial charge in [-0.1, -0.05) is 19.1 Å². The summed E-state index contributed by atoms with van der Waals surface area (Å²) >= 11 is 5.82. The lowest BCUT2D eigenvalue weighted by molar-refractivity contribution is 0.953. The molecule has 1 N–H and O–H groups in total. The van der Waals surface area contributed by atoms with E-state index >= 15 is 0 Å². The number of hydrogen-bond donors (Lipinski definition) is 1. The second-order valence-electron chi connectivity index (χ2n) is 4.10. The smallest absolute Gasteiger partial charge is 0.134 e. The molecule has 18 heavy (non-hydrogen) atoms. The van der Waals surface area contributed by atoms with E-state index in [0.717, 1.165) is 35.0 Å². The molecule has 0 radical (unpaired) electrons. The molecule has 2 aromatic rings. The number of rotatable bonds is 4. The second-order valence-corrected chi connectivity index (χ2v) is 4.37. The summed E-state index contributed by atoms with van der Waals surface area (Å²) in [4.78, 5) is 8.73. The molecule has 1 heterocycles. The molecule has 1 aromatic carbocycles. The Hall–Kier alpha value is -1.61. The van der Waals surface area contributed by atoms with E-state index in [2.05, 4.69) is 22.2 Å². The Kier molecular flexibility index (Phi) is 4.15. The van der Waals surface area contributed by atoms with Gasteiger partial charge in [0.15, 0.2) is 0 Å². The third-order valence-corrected chi connectivity index (χ3v) is 2.92. The Morgan fingerprint density at radius 3 is 2.78 bits per heavy atom. The fourth-order valence-corrected chi connectivity index (χ4v) is 1.92. The van der Waals surface area contributed by atoms with Crippen LogP contribution in [0, 0.1) is 6.92 Å². The van der Waals surface area contributed by atoms with Crippen molar-refractivity contribution in [2.24, 2.45) is 0 Å². The van der Waals surface area contributed by atoms with E-state index in [1.165, 1.54) is 0 Å². The van der Waals surface area contributed by atoms with Crippen molar-refractivity contribution in [1.29, 1.82) is 0 Å². The number of anilines is 2. The molecule has 1 aromatic heterocycles. The zero-order valence-corrected chi connectivity index (χ0v) is 11.3. The Labute approximate surface area is 112 Å². The molecule has 0 aliphatic rings. The highest BCUT2D eigenvalue weighted by Gasteiger charge is 2.01. The number of benzene rings is 1. The van der Waals surface area contributed by atoms with Gasteiger partial charge < -0.3 is 5.32 Å². The third kappa shape index (κ3) is 3.20. The van der Waals surface area contributed by atoms with Gasteiger partial charge in [0.05, 0.1) is 0 Å². The van der Waals surface area contributed by atoms with Crippen LogP contribution >= 0.6 is 11.6 Å². The maximum Gasteiger partial charge on any atom is 0.134 e. The maximum absolute atomic E-state index is 5.82. The summed E-state index contributed by atoms with van der Waals surface area (Å²) < 4.78 is 0. The average molecular weight is 262 g/mol. The predicted octanol–water partition coefficient (Wildman–Crippen LogP) is 3.83. The minimum atomic E-state index is 0.512. The van der Waals surface area contributed by atoms with Crippen LogP contribution in [0.3, 0.4) is 0 Å². The van der Waals surface area contributed by atoms with Crippen LogP contribution in [0.1, 0.15) is 24.0 Å². The molecule has 0 unspecified atom stereocenters. The number of aryl methyl sites for hydroxylation is 2. The van der Waals surface area contributed by atoms with E-state index in [1.54, 1.807) is 0 Å². The van der Waals surface area contributed by atoms with Crippen LogP contribution < -0.4 is 5.32 Å². The van der Waals surface area contributed by atoms with E-state index in [4.69, 9.17) is 11.6 Å². The Morgan fingerprint density at radius 1 is 1.22 bits per heavy atom. The molecule has 0 spiro atoms. The summed E-state index contributed by atoms with van der Waals surface area (Å²) in [6.45, 7) is 3.99. The van der Waals surface area contributed by atoms with Crippen LogP contribution in [0.25, 0.3) is 0 Å². The standard InChI is InChI=1S/C14H16ClN3/c1-3-12-8-14(17-10(2)16-12)18-13-6-4-5-11(7-13)9-15/h4-8H,3,9H2,1-2H3,(H,16,17,18). The first-order valence-electron chi connectivity index (χ1n) is 5.97. The normalized spacial score (nSPS) is 10.4. The lowest BCUT2D eigenvalue weighted by atomic mass is 10.2. The number of halogens is 1. The summed E-state index contributed by atoms with van der Waals surface area (Å²) in [5, 5.41) is 3.28. The van der Waals surface area contributed by atoms with Gasteiger partial charge in [-0.05, 0) is 31.0 Å². The fraction of sp³-hybridized carbons (Fsp3) is 0.286. The van der Waals surface area contributed by atoms with Crippen LogP contribution in [0.4, 0.5) is 11.5 Å². The van der Waals surface area contributed by atoms with Crippen LogP contribution in [0.5, 0.6) is 0 Å². The number of alkyl halides is 1. The zero-order chi connectivity index (χ0) is 13.0. The van der Waals surface area contributed by atoms with Crippen molar-refractivity contribution in [1.82, 2.24) is 9.97 Å². The summed E-state index contributed by atoms with van der Waals surface area (Å²) in [5.41, 5.74) is 3.12. The molecule has 3 nitrogen and oxygen atoms in total. The van der Waals surface area contributed by atoms with Crippen LogP contribution in [-0.4, -0.2) is 9.97 Å². The molecular formula is C14H16ClN3. The van der Waals surface area contributed by atoms with E-state index in [0.29, 0.717) is 5.88 Å². The molecule has 0 bridgehead atoms. The number of nitrogens with zero attached hydrogens (tertiary/aromatic N) is 2. The first kappa shape index (κ1) is 12.8. The third-order valence-electron chi connectivity index (χ3n) is 2.61. The first-order chi connectivity index (χ1) is 8.71. The number of nitrogens with one attached hydrogen (secondary N) is 1. The lowest BCUT2D eigenvalue weighted by Gasteiger charge is -2.08. The Balaban J connectivity index is 2.24. The van der Waals surface area contributed by atoms with Gasteiger partial charge >= 0.3 is 0 Å². The predicted molar refractivity (Wildman–Crippen MR) is 75.4 cm³/mol. The van der Waals surface area contributed by atoms with Crippen molar-refractivity contribution in [3.05, 3.63) is 47.4 Å². The van der Waals surface area contributed by atoms with Gasteiger partial charge in [-0.25, -0.2) is 9.97 Å². The molecule has 4 heteroatoms. The second kappa shape index (κ2) is 5.83. The molecule has 0 amide bonds. The monoisotopic (exact) mass is 261 g/mol. The van der Waals surface area contributed by atoms with Gasteiger partial charge in [-0.15, -0.1) is 11.6 Å². The molecule has 94 valence electrons. The first-order valence-corrected chi connectivity index (χ1v) is 6.51. The minimum Gasteiger partial charge on any atom is -0.340 e. The molecule has 0 atom stereocenters. The molecule has 0 saturated carbocycles. The van der Waals surface area contributed by atoms with Crippen molar-refractivity contribution >= 4 is 23.1 Å². The van der Waals surface area contributed by atoms with Gasteiger partial charge in [-0.2, -0.15) is 0 Å². The molecule has 0 fully saturated rings. The Bertz CT molecular complexity index is 540. The SMILES string of the molecule is CCc1cc(Nc2cccc(CCl)c2)nc(C)n1. The Morgan fingerprint density at radius 2 is 2.06 bits per heavy atom. The van der Waals surface area contributed by atoms with Crippen molar-refractivity contribution in [3.63, 3.8) is 0 Å². The van der Waals surface area contributed by atoms with E-state index < -0.39 is 0 Å². The minimum absolute atomic E-state index is 0.512. The van der Waals surface area contributed by atoms with E-state index in [1.807, 2.05) is 37.3 Å². The van der Waals surface area contributed by atoms with Crippen molar-refractivity contribution < 1.29 is 0 Å². The summed E-state index contributed by atoms with van der Waals surface area (Å²) in [6.07, 6.45) is 0.903. The summed E-state index contributed by atoms with van der Waals surface area (Å²) in [7, 11) is 0. The molecule has 2 rings (SSSR count). The highest BCUT2D eigenvalue weighted by molar-refractivity contribution is 6.17. The molecular weight excluding hydrogens is 246 g/mol. The summed E-state index contributed by atoms with van der Waals surface area (Å²) in [5.74, 6) is 2.12. The topological polar surface area (TPSA) is 37.8 Å². The van der Waals surface area contributed by atoms with E-state index in [-0.39, 0.29) is 0 Å². The zero-order valence-electron chi connectivity index (χ0n) is 10.6. The average Bonchev–Trinajstić information content (AvgIpc) is 2.38. The molecule has 0 saturated heterocycles. The summed E-state index contributed by atoms with van der Waals surface area (Å²) in [6, 6.07) is 9.98. The van der Waals surface area contributed by atoms with Gasteiger partial charge in [0.2, 0.25) is 0 Å². The van der Waals surface area contributed by atoms with Gasteiger partial charge in [0.1, 0.15) is 11.6 Å². The molecule has 0 aliphatic heterocycles.